The Balaban J connectivity index is 2.24. The van der Waals surface area contributed by atoms with E-state index in [4.69, 9.17) is 17.4 Å². The third-order valence-electron chi connectivity index (χ3n) is 2.73. The molecule has 0 saturated heterocycles. The van der Waals surface area contributed by atoms with Crippen molar-refractivity contribution in [2.24, 2.45) is 5.84 Å². The molecule has 0 bridgehead atoms. The van der Waals surface area contributed by atoms with E-state index in [0.29, 0.717) is 0 Å². The number of Topliss-reactive ketones (excluding diaryl/α,β-unsaturated/α-hetero) is 1. The molecular formula is C11H9ClFN3O4. The van der Waals surface area contributed by atoms with Crippen molar-refractivity contribution < 1.29 is 23.6 Å². The third kappa shape index (κ3) is 2.48. The van der Waals surface area contributed by atoms with Crippen molar-refractivity contribution in [1.82, 2.24) is 5.59 Å². The van der Waals surface area contributed by atoms with Gasteiger partial charge in [0, 0.05) is 6.54 Å². The van der Waals surface area contributed by atoms with E-state index >= 15 is 0 Å². The molecule has 1 aliphatic heterocycles. The van der Waals surface area contributed by atoms with Gasteiger partial charge < -0.3 is 9.74 Å². The summed E-state index contributed by atoms with van der Waals surface area (Å²) in [6.45, 7) is -0.140. The lowest BCUT2D eigenvalue weighted by atomic mass is 10.1. The highest BCUT2D eigenvalue weighted by molar-refractivity contribution is 6.52. The van der Waals surface area contributed by atoms with Crippen molar-refractivity contribution in [2.75, 3.05) is 11.4 Å². The number of anilines is 1. The van der Waals surface area contributed by atoms with Gasteiger partial charge in [0.2, 0.25) is 0 Å². The number of carbonyl (C=O) groups excluding carboxylic acids is 3. The van der Waals surface area contributed by atoms with E-state index in [1.807, 2.05) is 0 Å². The maximum atomic E-state index is 13.4. The number of nitrogens with zero attached hydrogens (tertiary/aromatic N) is 1. The summed E-state index contributed by atoms with van der Waals surface area (Å²) in [5, 5.41) is -0.251. The Kier molecular flexibility index (Phi) is 3.98. The zero-order valence-corrected chi connectivity index (χ0v) is 10.7. The largest absolute Gasteiger partial charge is 0.356 e. The maximum absolute atomic E-state index is 13.4. The summed E-state index contributed by atoms with van der Waals surface area (Å²) < 4.78 is 13.4. The number of hydrazine groups is 1. The average Bonchev–Trinajstić information content (AvgIpc) is 2.62. The Labute approximate surface area is 117 Å². The van der Waals surface area contributed by atoms with Crippen LogP contribution in [0.1, 0.15) is 16.8 Å². The van der Waals surface area contributed by atoms with E-state index in [-0.39, 0.29) is 29.2 Å². The summed E-state index contributed by atoms with van der Waals surface area (Å²) in [7, 11) is 0. The Bertz CT molecular complexity index is 608. The molecule has 1 aliphatic rings. The molecule has 1 amide bonds. The van der Waals surface area contributed by atoms with E-state index in [0.717, 1.165) is 17.0 Å². The van der Waals surface area contributed by atoms with Gasteiger partial charge in [-0.25, -0.2) is 10.2 Å². The smallest absolute Gasteiger partial charge is 0.328 e. The standard InChI is InChI=1S/C11H9ClFN3O4/c12-6-3-5-8(4-7(6)13)16(11(19)10(5)18)2-1-9(17)20-15-14/h3-4,15H,1-2,14H2. The SMILES string of the molecule is NNOC(=O)CCN1C(=O)C(=O)c2cc(Cl)c(F)cc21. The monoisotopic (exact) mass is 301 g/mol. The molecule has 0 spiro atoms. The van der Waals surface area contributed by atoms with Gasteiger partial charge in [0.25, 0.3) is 11.7 Å². The molecule has 0 radical (unpaired) electrons. The van der Waals surface area contributed by atoms with E-state index < -0.39 is 23.5 Å². The van der Waals surface area contributed by atoms with Crippen molar-refractivity contribution >= 4 is 34.9 Å². The minimum absolute atomic E-state index is 0.00622. The molecule has 0 aromatic heterocycles. The van der Waals surface area contributed by atoms with Crippen LogP contribution in [-0.2, 0) is 14.4 Å². The number of carbonyl (C=O) groups is 3. The number of benzene rings is 1. The molecule has 1 aromatic carbocycles. The van der Waals surface area contributed by atoms with Gasteiger partial charge in [0.05, 0.1) is 22.7 Å². The Morgan fingerprint density at radius 3 is 2.80 bits per heavy atom. The van der Waals surface area contributed by atoms with Gasteiger partial charge >= 0.3 is 5.97 Å². The fourth-order valence-electron chi connectivity index (χ4n) is 1.83. The first-order valence-electron chi connectivity index (χ1n) is 5.46. The van der Waals surface area contributed by atoms with Crippen LogP contribution >= 0.6 is 11.6 Å². The fourth-order valence-corrected chi connectivity index (χ4v) is 1.99. The Hall–Kier alpha value is -2.03. The molecule has 9 heteroatoms. The number of fused-ring (bicyclic) bond motifs is 1. The van der Waals surface area contributed by atoms with Gasteiger partial charge in [0.1, 0.15) is 5.82 Å². The van der Waals surface area contributed by atoms with Crippen LogP contribution in [-0.4, -0.2) is 24.2 Å². The molecule has 0 unspecified atom stereocenters. The number of nitrogens with two attached hydrogens (primary N) is 1. The van der Waals surface area contributed by atoms with Crippen molar-refractivity contribution in [2.45, 2.75) is 6.42 Å². The second kappa shape index (κ2) is 5.53. The van der Waals surface area contributed by atoms with Crippen LogP contribution in [0.4, 0.5) is 10.1 Å². The zero-order valence-electron chi connectivity index (χ0n) is 9.98. The summed E-state index contributed by atoms with van der Waals surface area (Å²) in [5.41, 5.74) is 1.79. The van der Waals surface area contributed by atoms with Crippen molar-refractivity contribution in [3.8, 4) is 0 Å². The van der Waals surface area contributed by atoms with Crippen LogP contribution in [0, 0.1) is 5.82 Å². The Morgan fingerprint density at radius 1 is 1.45 bits per heavy atom. The first kappa shape index (κ1) is 14.4. The van der Waals surface area contributed by atoms with E-state index in [2.05, 4.69) is 4.84 Å². The van der Waals surface area contributed by atoms with Crippen molar-refractivity contribution in [1.29, 1.82) is 0 Å². The highest BCUT2D eigenvalue weighted by Crippen LogP contribution is 2.33. The minimum atomic E-state index is -0.852. The van der Waals surface area contributed by atoms with Crippen molar-refractivity contribution in [3.63, 3.8) is 0 Å². The molecule has 0 saturated carbocycles. The number of hydrogen-bond donors (Lipinski definition) is 2. The van der Waals surface area contributed by atoms with Crippen LogP contribution in [0.2, 0.25) is 5.02 Å². The second-order valence-electron chi connectivity index (χ2n) is 3.91. The predicted molar refractivity (Wildman–Crippen MR) is 66.1 cm³/mol. The number of rotatable bonds is 4. The molecule has 1 heterocycles. The lowest BCUT2D eigenvalue weighted by Gasteiger charge is -2.15. The van der Waals surface area contributed by atoms with E-state index in [9.17, 15) is 18.8 Å². The molecule has 1 aromatic rings. The normalized spacial score (nSPS) is 13.7. The Morgan fingerprint density at radius 2 is 2.15 bits per heavy atom. The quantitative estimate of drug-likeness (QED) is 0.472. The topological polar surface area (TPSA) is 102 Å². The molecule has 106 valence electrons. The molecule has 3 N–H and O–H groups in total. The third-order valence-corrected chi connectivity index (χ3v) is 3.02. The summed E-state index contributed by atoms with van der Waals surface area (Å²) in [5.74, 6) is 1.65. The fraction of sp³-hybridized carbons (Fsp3) is 0.182. The van der Waals surface area contributed by atoms with Gasteiger partial charge in [0.15, 0.2) is 0 Å². The highest BCUT2D eigenvalue weighted by atomic mass is 35.5. The maximum Gasteiger partial charge on any atom is 0.328 e. The first-order valence-corrected chi connectivity index (χ1v) is 5.84. The first-order chi connectivity index (χ1) is 9.45. The van der Waals surface area contributed by atoms with Crippen LogP contribution in [0.3, 0.4) is 0 Å². The lowest BCUT2D eigenvalue weighted by molar-refractivity contribution is -0.150. The predicted octanol–water partition coefficient (Wildman–Crippen LogP) is 0.320. The summed E-state index contributed by atoms with van der Waals surface area (Å²) in [6.07, 6.45) is -0.215. The number of nitrogens with one attached hydrogen (secondary N) is 1. The van der Waals surface area contributed by atoms with Gasteiger partial charge in [-0.3, -0.25) is 14.4 Å². The zero-order chi connectivity index (χ0) is 14.9. The lowest BCUT2D eigenvalue weighted by Crippen LogP contribution is -2.33. The number of amides is 1. The van der Waals surface area contributed by atoms with Gasteiger partial charge in [-0.2, -0.15) is 0 Å². The summed E-state index contributed by atoms with van der Waals surface area (Å²) in [6, 6.07) is 2.07. The minimum Gasteiger partial charge on any atom is -0.356 e. The molecule has 0 fully saturated rings. The second-order valence-corrected chi connectivity index (χ2v) is 4.32. The van der Waals surface area contributed by atoms with Gasteiger partial charge in [-0.15, -0.1) is 0 Å². The number of halogens is 2. The average molecular weight is 302 g/mol. The van der Waals surface area contributed by atoms with Crippen LogP contribution in [0.25, 0.3) is 0 Å². The van der Waals surface area contributed by atoms with E-state index in [1.54, 1.807) is 5.59 Å². The number of ketones is 1. The van der Waals surface area contributed by atoms with E-state index in [1.165, 1.54) is 0 Å². The number of hydrogen-bond acceptors (Lipinski definition) is 6. The summed E-state index contributed by atoms with van der Waals surface area (Å²) in [4.78, 5) is 39.9. The molecule has 7 nitrogen and oxygen atoms in total. The molecule has 0 aliphatic carbocycles. The molecule has 20 heavy (non-hydrogen) atoms. The summed E-state index contributed by atoms with van der Waals surface area (Å²) >= 11 is 5.57. The molecule has 0 atom stereocenters. The van der Waals surface area contributed by atoms with Gasteiger partial charge in [-0.1, -0.05) is 17.2 Å². The van der Waals surface area contributed by atoms with Crippen LogP contribution in [0.5, 0.6) is 0 Å². The van der Waals surface area contributed by atoms with Crippen LogP contribution in [0.15, 0.2) is 12.1 Å². The molecular weight excluding hydrogens is 293 g/mol. The highest BCUT2D eigenvalue weighted by Gasteiger charge is 2.36. The molecule has 2 rings (SSSR count). The van der Waals surface area contributed by atoms with Crippen molar-refractivity contribution in [3.05, 3.63) is 28.5 Å². The van der Waals surface area contributed by atoms with Gasteiger partial charge in [-0.05, 0) is 12.1 Å². The van der Waals surface area contributed by atoms with Crippen LogP contribution < -0.4 is 16.3 Å².